The molecule has 0 aliphatic rings. The highest BCUT2D eigenvalue weighted by molar-refractivity contribution is 7.98. The van der Waals surface area contributed by atoms with Crippen LogP contribution in [0.2, 0.25) is 5.02 Å². The summed E-state index contributed by atoms with van der Waals surface area (Å²) in [6.07, 6.45) is 0. The number of benzene rings is 2. The number of halogens is 1. The Balaban J connectivity index is 1.40. The first kappa shape index (κ1) is 20.4. The molecule has 0 aliphatic heterocycles. The van der Waals surface area contributed by atoms with Gasteiger partial charge >= 0.3 is 0 Å². The van der Waals surface area contributed by atoms with Gasteiger partial charge in [0.15, 0.2) is 5.82 Å². The third kappa shape index (κ3) is 4.49. The molecule has 154 valence electrons. The van der Waals surface area contributed by atoms with Crippen LogP contribution in [0.15, 0.2) is 62.7 Å². The van der Waals surface area contributed by atoms with E-state index in [9.17, 15) is 0 Å². The summed E-state index contributed by atoms with van der Waals surface area (Å²) >= 11 is 7.53. The third-order valence-electron chi connectivity index (χ3n) is 4.55. The number of hydrogen-bond acceptors (Lipinski definition) is 8. The van der Waals surface area contributed by atoms with Crippen LogP contribution in [0.1, 0.15) is 19.7 Å². The van der Waals surface area contributed by atoms with E-state index in [0.29, 0.717) is 39.2 Å². The summed E-state index contributed by atoms with van der Waals surface area (Å²) < 4.78 is 11.1. The van der Waals surface area contributed by atoms with Crippen molar-refractivity contribution in [2.75, 3.05) is 18.0 Å². The predicted octanol–water partition coefficient (Wildman–Crippen LogP) is 5.58. The molecule has 9 heteroatoms. The minimum atomic E-state index is 0.385. The van der Waals surface area contributed by atoms with Crippen molar-refractivity contribution >= 4 is 29.1 Å². The van der Waals surface area contributed by atoms with Gasteiger partial charge in [0.05, 0.1) is 16.3 Å². The van der Waals surface area contributed by atoms with Crippen molar-refractivity contribution in [2.45, 2.75) is 24.8 Å². The molecule has 30 heavy (non-hydrogen) atoms. The molecule has 0 unspecified atom stereocenters. The zero-order valence-corrected chi connectivity index (χ0v) is 18.2. The highest BCUT2D eigenvalue weighted by Crippen LogP contribution is 2.29. The van der Waals surface area contributed by atoms with Crippen LogP contribution in [-0.4, -0.2) is 33.4 Å². The van der Waals surface area contributed by atoms with E-state index in [2.05, 4.69) is 51.2 Å². The Labute approximate surface area is 183 Å². The second-order valence-corrected chi connectivity index (χ2v) is 7.71. The van der Waals surface area contributed by atoms with Crippen molar-refractivity contribution in [3.05, 3.63) is 59.4 Å². The van der Waals surface area contributed by atoms with Crippen LogP contribution in [0.25, 0.3) is 22.9 Å². The van der Waals surface area contributed by atoms with Crippen molar-refractivity contribution in [3.8, 4) is 22.9 Å². The Hall–Kier alpha value is -2.84. The van der Waals surface area contributed by atoms with Crippen LogP contribution in [-0.2, 0) is 5.75 Å². The highest BCUT2D eigenvalue weighted by atomic mass is 35.5. The minimum Gasteiger partial charge on any atom is -0.411 e. The van der Waals surface area contributed by atoms with Gasteiger partial charge in [-0.25, -0.2) is 0 Å². The normalized spacial score (nSPS) is 11.0. The molecule has 0 amide bonds. The predicted molar refractivity (Wildman–Crippen MR) is 118 cm³/mol. The summed E-state index contributed by atoms with van der Waals surface area (Å²) in [5.41, 5.74) is 2.76. The lowest BCUT2D eigenvalue weighted by Gasteiger charge is -2.20. The summed E-state index contributed by atoms with van der Waals surface area (Å²) in [6, 6.07) is 15.4. The van der Waals surface area contributed by atoms with Crippen molar-refractivity contribution in [3.63, 3.8) is 0 Å². The maximum Gasteiger partial charge on any atom is 0.277 e. The van der Waals surface area contributed by atoms with Crippen LogP contribution in [0.3, 0.4) is 0 Å². The Morgan fingerprint density at radius 3 is 2.47 bits per heavy atom. The maximum atomic E-state index is 6.18. The van der Waals surface area contributed by atoms with E-state index in [1.165, 1.54) is 17.4 Å². The monoisotopic (exact) mass is 441 g/mol. The van der Waals surface area contributed by atoms with Crippen LogP contribution >= 0.6 is 23.4 Å². The van der Waals surface area contributed by atoms with Gasteiger partial charge in [0.1, 0.15) is 0 Å². The summed E-state index contributed by atoms with van der Waals surface area (Å²) in [6.45, 7) is 6.21. The Morgan fingerprint density at radius 2 is 1.73 bits per heavy atom. The lowest BCUT2D eigenvalue weighted by molar-refractivity contribution is 0.425. The SMILES string of the molecule is CCN(CC)c1ccc(-c2nnc(SCc3noc(-c4ccccc4Cl)n3)o2)cc1. The average Bonchev–Trinajstić information content (AvgIpc) is 3.44. The molecule has 7 nitrogen and oxygen atoms in total. The molecule has 4 rings (SSSR count). The number of aromatic nitrogens is 4. The average molecular weight is 442 g/mol. The fourth-order valence-corrected chi connectivity index (χ4v) is 3.79. The van der Waals surface area contributed by atoms with E-state index in [1.54, 1.807) is 6.07 Å². The summed E-state index contributed by atoms with van der Waals surface area (Å²) in [5.74, 6) is 1.83. The van der Waals surface area contributed by atoms with Crippen LogP contribution in [0.5, 0.6) is 0 Å². The molecule has 0 N–H and O–H groups in total. The third-order valence-corrected chi connectivity index (χ3v) is 5.69. The van der Waals surface area contributed by atoms with Crippen LogP contribution in [0, 0.1) is 0 Å². The Bertz CT molecular complexity index is 1110. The molecule has 0 aliphatic carbocycles. The van der Waals surface area contributed by atoms with E-state index in [4.69, 9.17) is 20.5 Å². The lowest BCUT2D eigenvalue weighted by Crippen LogP contribution is -2.21. The molecule has 2 aromatic carbocycles. The van der Waals surface area contributed by atoms with E-state index >= 15 is 0 Å². The van der Waals surface area contributed by atoms with Gasteiger partial charge in [0, 0.05) is 24.3 Å². The molecular formula is C21H20ClN5O2S. The molecular weight excluding hydrogens is 422 g/mol. The standard InChI is InChI=1S/C21H20ClN5O2S/c1-3-27(4-2)15-11-9-14(10-12-15)19-24-25-21(28-19)30-13-18-23-20(29-26-18)16-7-5-6-8-17(16)22/h5-12H,3-4,13H2,1-2H3. The minimum absolute atomic E-state index is 0.385. The van der Waals surface area contributed by atoms with E-state index in [0.717, 1.165) is 18.7 Å². The quantitative estimate of drug-likeness (QED) is 0.328. The van der Waals surface area contributed by atoms with E-state index < -0.39 is 0 Å². The molecule has 0 saturated carbocycles. The molecule has 0 spiro atoms. The molecule has 2 heterocycles. The van der Waals surface area contributed by atoms with Crippen molar-refractivity contribution in [2.24, 2.45) is 0 Å². The number of anilines is 1. The smallest absolute Gasteiger partial charge is 0.277 e. The van der Waals surface area contributed by atoms with Crippen LogP contribution < -0.4 is 4.90 Å². The molecule has 2 aromatic heterocycles. The Kier molecular flexibility index (Phi) is 6.35. The largest absolute Gasteiger partial charge is 0.411 e. The zero-order chi connectivity index (χ0) is 20.9. The van der Waals surface area contributed by atoms with Gasteiger partial charge in [-0.3, -0.25) is 0 Å². The van der Waals surface area contributed by atoms with Gasteiger partial charge in [-0.15, -0.1) is 10.2 Å². The number of thioether (sulfide) groups is 1. The van der Waals surface area contributed by atoms with Gasteiger partial charge in [-0.05, 0) is 50.2 Å². The zero-order valence-electron chi connectivity index (χ0n) is 16.6. The summed E-state index contributed by atoms with van der Waals surface area (Å²) in [4.78, 5) is 6.66. The second-order valence-electron chi connectivity index (χ2n) is 6.38. The molecule has 0 bridgehead atoms. The fourth-order valence-electron chi connectivity index (χ4n) is 2.97. The second kappa shape index (κ2) is 9.32. The van der Waals surface area contributed by atoms with Crippen molar-refractivity contribution in [1.82, 2.24) is 20.3 Å². The van der Waals surface area contributed by atoms with Gasteiger partial charge < -0.3 is 13.8 Å². The van der Waals surface area contributed by atoms with E-state index in [1.807, 2.05) is 30.3 Å². The Morgan fingerprint density at radius 1 is 0.967 bits per heavy atom. The molecule has 0 atom stereocenters. The van der Waals surface area contributed by atoms with E-state index in [-0.39, 0.29) is 0 Å². The topological polar surface area (TPSA) is 81.1 Å². The van der Waals surface area contributed by atoms with Gasteiger partial charge in [0.2, 0.25) is 5.89 Å². The van der Waals surface area contributed by atoms with Crippen molar-refractivity contribution in [1.29, 1.82) is 0 Å². The summed E-state index contributed by atoms with van der Waals surface area (Å²) in [7, 11) is 0. The van der Waals surface area contributed by atoms with Crippen LogP contribution in [0.4, 0.5) is 5.69 Å². The first-order chi connectivity index (χ1) is 14.7. The highest BCUT2D eigenvalue weighted by Gasteiger charge is 2.14. The molecule has 0 saturated heterocycles. The van der Waals surface area contributed by atoms with Gasteiger partial charge in [-0.2, -0.15) is 4.98 Å². The van der Waals surface area contributed by atoms with Gasteiger partial charge in [-0.1, -0.05) is 40.7 Å². The molecule has 4 aromatic rings. The number of rotatable bonds is 8. The summed E-state index contributed by atoms with van der Waals surface area (Å²) in [5, 5.41) is 13.3. The molecule has 0 fully saturated rings. The number of hydrogen-bond donors (Lipinski definition) is 0. The fraction of sp³-hybridized carbons (Fsp3) is 0.238. The number of nitrogens with zero attached hydrogens (tertiary/aromatic N) is 5. The van der Waals surface area contributed by atoms with Crippen molar-refractivity contribution < 1.29 is 8.94 Å². The lowest BCUT2D eigenvalue weighted by atomic mass is 10.2. The first-order valence-corrected chi connectivity index (χ1v) is 10.9. The van der Waals surface area contributed by atoms with Gasteiger partial charge in [0.25, 0.3) is 11.1 Å². The first-order valence-electron chi connectivity index (χ1n) is 9.57. The molecule has 0 radical (unpaired) electrons. The maximum absolute atomic E-state index is 6.18.